The van der Waals surface area contributed by atoms with E-state index in [0.29, 0.717) is 4.47 Å². The lowest BCUT2D eigenvalue weighted by Crippen LogP contribution is -1.96. The monoisotopic (exact) mass is 390 g/mol. The molecule has 0 heterocycles. The van der Waals surface area contributed by atoms with E-state index < -0.39 is 5.82 Å². The Kier molecular flexibility index (Phi) is 4.58. The molecule has 1 unspecified atom stereocenters. The molecule has 0 fully saturated rings. The molecule has 100 valence electrons. The van der Waals surface area contributed by atoms with Crippen LogP contribution in [0.2, 0.25) is 0 Å². The first kappa shape index (κ1) is 14.5. The molecule has 0 bridgehead atoms. The van der Waals surface area contributed by atoms with Crippen molar-refractivity contribution in [2.45, 2.75) is 4.83 Å². The standard InChI is InChI=1S/C14H10Br2F2O/c1-19-13-7-9(3-5-12(13)18)14(16)8-2-4-11(17)10(15)6-8/h2-7,14H,1H3. The Bertz CT molecular complexity index is 602. The molecule has 0 aromatic heterocycles. The molecule has 0 N–H and O–H groups in total. The lowest BCUT2D eigenvalue weighted by atomic mass is 10.0. The van der Waals surface area contributed by atoms with Crippen molar-refractivity contribution in [1.29, 1.82) is 0 Å². The number of methoxy groups -OCH3 is 1. The van der Waals surface area contributed by atoms with Crippen LogP contribution < -0.4 is 4.74 Å². The summed E-state index contributed by atoms with van der Waals surface area (Å²) in [6.07, 6.45) is 0. The van der Waals surface area contributed by atoms with Gasteiger partial charge in [0.25, 0.3) is 0 Å². The molecule has 2 aromatic carbocycles. The zero-order valence-electron chi connectivity index (χ0n) is 9.96. The van der Waals surface area contributed by atoms with Crippen LogP contribution in [0.25, 0.3) is 0 Å². The van der Waals surface area contributed by atoms with Gasteiger partial charge in [0.2, 0.25) is 0 Å². The molecular formula is C14H10Br2F2O. The topological polar surface area (TPSA) is 9.23 Å². The number of ether oxygens (including phenoxy) is 1. The predicted octanol–water partition coefficient (Wildman–Crippen LogP) is 5.22. The number of rotatable bonds is 3. The second-order valence-corrected chi connectivity index (χ2v) is 5.70. The van der Waals surface area contributed by atoms with Crippen LogP contribution in [-0.2, 0) is 0 Å². The van der Waals surface area contributed by atoms with Crippen molar-refractivity contribution in [2.24, 2.45) is 0 Å². The molecule has 0 radical (unpaired) electrons. The zero-order valence-corrected chi connectivity index (χ0v) is 13.1. The third kappa shape index (κ3) is 3.15. The van der Waals surface area contributed by atoms with Crippen molar-refractivity contribution < 1.29 is 13.5 Å². The number of hydrogen-bond donors (Lipinski definition) is 0. The highest BCUT2D eigenvalue weighted by atomic mass is 79.9. The quantitative estimate of drug-likeness (QED) is 0.651. The van der Waals surface area contributed by atoms with Crippen LogP contribution in [0.1, 0.15) is 16.0 Å². The minimum Gasteiger partial charge on any atom is -0.494 e. The van der Waals surface area contributed by atoms with Gasteiger partial charge in [0.15, 0.2) is 11.6 Å². The molecule has 5 heteroatoms. The van der Waals surface area contributed by atoms with Gasteiger partial charge >= 0.3 is 0 Å². The molecule has 0 saturated heterocycles. The maximum atomic E-state index is 13.4. The zero-order chi connectivity index (χ0) is 14.0. The second-order valence-electron chi connectivity index (χ2n) is 3.93. The Morgan fingerprint density at radius 3 is 2.16 bits per heavy atom. The third-order valence-electron chi connectivity index (χ3n) is 2.70. The van der Waals surface area contributed by atoms with Crippen molar-refractivity contribution >= 4 is 31.9 Å². The van der Waals surface area contributed by atoms with Crippen molar-refractivity contribution in [1.82, 2.24) is 0 Å². The first-order valence-electron chi connectivity index (χ1n) is 5.45. The van der Waals surface area contributed by atoms with Crippen molar-refractivity contribution in [3.05, 3.63) is 63.6 Å². The average Bonchev–Trinajstić information content (AvgIpc) is 2.41. The molecule has 0 aliphatic carbocycles. The van der Waals surface area contributed by atoms with Crippen LogP contribution in [0, 0.1) is 11.6 Å². The van der Waals surface area contributed by atoms with Crippen molar-refractivity contribution in [3.8, 4) is 5.75 Å². The molecule has 1 nitrogen and oxygen atoms in total. The molecule has 0 spiro atoms. The Labute approximate surface area is 126 Å². The molecule has 0 aliphatic rings. The Morgan fingerprint density at radius 1 is 1.00 bits per heavy atom. The van der Waals surface area contributed by atoms with E-state index in [0.717, 1.165) is 11.1 Å². The third-order valence-corrected chi connectivity index (χ3v) is 4.37. The fourth-order valence-corrected chi connectivity index (χ4v) is 2.66. The van der Waals surface area contributed by atoms with Gasteiger partial charge in [0.05, 0.1) is 16.4 Å². The van der Waals surface area contributed by atoms with Crippen LogP contribution in [0.4, 0.5) is 8.78 Å². The molecule has 2 aromatic rings. The number of benzene rings is 2. The summed E-state index contributed by atoms with van der Waals surface area (Å²) in [5.41, 5.74) is 1.69. The van der Waals surface area contributed by atoms with Gasteiger partial charge in [0, 0.05) is 0 Å². The highest BCUT2D eigenvalue weighted by Crippen LogP contribution is 2.34. The van der Waals surface area contributed by atoms with Gasteiger partial charge in [0.1, 0.15) is 5.82 Å². The van der Waals surface area contributed by atoms with E-state index in [2.05, 4.69) is 31.9 Å². The average molecular weight is 392 g/mol. The van der Waals surface area contributed by atoms with E-state index in [1.165, 1.54) is 19.2 Å². The molecule has 19 heavy (non-hydrogen) atoms. The Morgan fingerprint density at radius 2 is 1.58 bits per heavy atom. The normalized spacial score (nSPS) is 12.3. The molecule has 0 aliphatic heterocycles. The fourth-order valence-electron chi connectivity index (χ4n) is 1.70. The summed E-state index contributed by atoms with van der Waals surface area (Å²) in [6, 6.07) is 9.37. The molecule has 2 rings (SSSR count). The predicted molar refractivity (Wildman–Crippen MR) is 77.8 cm³/mol. The van der Waals surface area contributed by atoms with Crippen LogP contribution >= 0.6 is 31.9 Å². The van der Waals surface area contributed by atoms with Gasteiger partial charge in [-0.3, -0.25) is 0 Å². The highest BCUT2D eigenvalue weighted by molar-refractivity contribution is 9.10. The fraction of sp³-hybridized carbons (Fsp3) is 0.143. The van der Waals surface area contributed by atoms with Gasteiger partial charge < -0.3 is 4.74 Å². The van der Waals surface area contributed by atoms with E-state index in [9.17, 15) is 8.78 Å². The van der Waals surface area contributed by atoms with Crippen LogP contribution in [-0.4, -0.2) is 7.11 Å². The number of hydrogen-bond acceptors (Lipinski definition) is 1. The lowest BCUT2D eigenvalue weighted by Gasteiger charge is -2.13. The Hall–Kier alpha value is -0.940. The van der Waals surface area contributed by atoms with Gasteiger partial charge in [-0.15, -0.1) is 0 Å². The SMILES string of the molecule is COc1cc(C(Br)c2ccc(F)c(Br)c2)ccc1F. The maximum absolute atomic E-state index is 13.4. The van der Waals surface area contributed by atoms with Crippen LogP contribution in [0.3, 0.4) is 0 Å². The van der Waals surface area contributed by atoms with Gasteiger partial charge in [-0.1, -0.05) is 28.1 Å². The minimum atomic E-state index is -0.411. The summed E-state index contributed by atoms with van der Waals surface area (Å²) in [4.78, 5) is -0.168. The first-order valence-corrected chi connectivity index (χ1v) is 7.16. The summed E-state index contributed by atoms with van der Waals surface area (Å²) < 4.78 is 31.9. The molecular weight excluding hydrogens is 382 g/mol. The summed E-state index contributed by atoms with van der Waals surface area (Å²) in [5, 5.41) is 0. The minimum absolute atomic E-state index is 0.168. The molecule has 1 atom stereocenters. The summed E-state index contributed by atoms with van der Waals surface area (Å²) in [6.45, 7) is 0. The van der Waals surface area contributed by atoms with Crippen molar-refractivity contribution in [3.63, 3.8) is 0 Å². The number of halogens is 4. The Balaban J connectivity index is 2.37. The molecule has 0 amide bonds. The summed E-state index contributed by atoms with van der Waals surface area (Å²) >= 11 is 6.67. The first-order chi connectivity index (χ1) is 9.02. The number of alkyl halides is 1. The second kappa shape index (κ2) is 6.01. The van der Waals surface area contributed by atoms with E-state index in [4.69, 9.17) is 4.74 Å². The van der Waals surface area contributed by atoms with E-state index in [1.54, 1.807) is 24.3 Å². The maximum Gasteiger partial charge on any atom is 0.165 e. The summed E-state index contributed by atoms with van der Waals surface area (Å²) in [7, 11) is 1.42. The van der Waals surface area contributed by atoms with Crippen LogP contribution in [0.15, 0.2) is 40.9 Å². The smallest absolute Gasteiger partial charge is 0.165 e. The van der Waals surface area contributed by atoms with Gasteiger partial charge in [-0.25, -0.2) is 8.78 Å². The van der Waals surface area contributed by atoms with Crippen LogP contribution in [0.5, 0.6) is 5.75 Å². The van der Waals surface area contributed by atoms with E-state index in [1.807, 2.05) is 0 Å². The van der Waals surface area contributed by atoms with E-state index >= 15 is 0 Å². The van der Waals surface area contributed by atoms with Gasteiger partial charge in [-0.2, -0.15) is 0 Å². The largest absolute Gasteiger partial charge is 0.494 e. The molecule has 0 saturated carbocycles. The van der Waals surface area contributed by atoms with Gasteiger partial charge in [-0.05, 0) is 51.3 Å². The van der Waals surface area contributed by atoms with Crippen molar-refractivity contribution in [2.75, 3.05) is 7.11 Å². The van der Waals surface area contributed by atoms with E-state index in [-0.39, 0.29) is 16.4 Å². The lowest BCUT2D eigenvalue weighted by molar-refractivity contribution is 0.386. The highest BCUT2D eigenvalue weighted by Gasteiger charge is 2.14. The summed E-state index contributed by atoms with van der Waals surface area (Å²) in [5.74, 6) is -0.547.